The SMILES string of the molecule is NOCCc1ccc(C(F)(F)F)o1. The lowest BCUT2D eigenvalue weighted by Crippen LogP contribution is -2.04. The minimum atomic E-state index is -4.43. The molecular weight excluding hydrogens is 187 g/mol. The quantitative estimate of drug-likeness (QED) is 0.747. The maximum atomic E-state index is 12.0. The molecule has 3 nitrogen and oxygen atoms in total. The van der Waals surface area contributed by atoms with Crippen LogP contribution >= 0.6 is 0 Å². The van der Waals surface area contributed by atoms with Crippen LogP contribution in [0.2, 0.25) is 0 Å². The third kappa shape index (κ3) is 2.74. The van der Waals surface area contributed by atoms with Crippen molar-refractivity contribution in [2.45, 2.75) is 12.6 Å². The van der Waals surface area contributed by atoms with Crippen LogP contribution in [0.3, 0.4) is 0 Å². The number of halogens is 3. The maximum Gasteiger partial charge on any atom is 0.449 e. The molecule has 0 aliphatic rings. The van der Waals surface area contributed by atoms with Crippen molar-refractivity contribution in [2.24, 2.45) is 5.90 Å². The summed E-state index contributed by atoms with van der Waals surface area (Å²) in [6, 6.07) is 2.13. The Morgan fingerprint density at radius 3 is 2.54 bits per heavy atom. The Hall–Kier alpha value is -1.01. The Morgan fingerprint density at radius 2 is 2.08 bits per heavy atom. The summed E-state index contributed by atoms with van der Waals surface area (Å²) < 4.78 is 40.4. The van der Waals surface area contributed by atoms with Gasteiger partial charge in [-0.15, -0.1) is 0 Å². The molecule has 0 aromatic carbocycles. The highest BCUT2D eigenvalue weighted by atomic mass is 19.4. The van der Waals surface area contributed by atoms with E-state index in [1.54, 1.807) is 0 Å². The van der Waals surface area contributed by atoms with Gasteiger partial charge in [0.15, 0.2) is 0 Å². The number of rotatable bonds is 3. The monoisotopic (exact) mass is 195 g/mol. The first kappa shape index (κ1) is 10.1. The molecule has 1 heterocycles. The molecule has 13 heavy (non-hydrogen) atoms. The molecule has 1 aromatic heterocycles. The fraction of sp³-hybridized carbons (Fsp3) is 0.429. The zero-order valence-electron chi connectivity index (χ0n) is 6.60. The summed E-state index contributed by atoms with van der Waals surface area (Å²) in [5.74, 6) is 3.91. The van der Waals surface area contributed by atoms with Crippen molar-refractivity contribution < 1.29 is 22.4 Å². The Morgan fingerprint density at radius 1 is 1.38 bits per heavy atom. The zero-order valence-corrected chi connectivity index (χ0v) is 6.60. The second-order valence-corrected chi connectivity index (χ2v) is 2.38. The predicted molar refractivity (Wildman–Crippen MR) is 37.6 cm³/mol. The van der Waals surface area contributed by atoms with E-state index in [1.807, 2.05) is 0 Å². The number of nitrogens with two attached hydrogens (primary N) is 1. The lowest BCUT2D eigenvalue weighted by Gasteiger charge is -2.00. The molecule has 2 N–H and O–H groups in total. The standard InChI is InChI=1S/C7H8F3NO2/c8-7(9,10)6-2-1-5(13-6)3-4-12-11/h1-2H,3-4,11H2. The minimum Gasteiger partial charge on any atom is -0.456 e. The van der Waals surface area contributed by atoms with E-state index in [-0.39, 0.29) is 18.8 Å². The average Bonchev–Trinajstić information content (AvgIpc) is 2.47. The van der Waals surface area contributed by atoms with Crippen LogP contribution in [0.5, 0.6) is 0 Å². The van der Waals surface area contributed by atoms with Gasteiger partial charge in [-0.2, -0.15) is 13.2 Å². The van der Waals surface area contributed by atoms with Crippen LogP contribution < -0.4 is 5.90 Å². The second kappa shape index (κ2) is 3.80. The second-order valence-electron chi connectivity index (χ2n) is 2.38. The summed E-state index contributed by atoms with van der Waals surface area (Å²) in [5, 5.41) is 0. The third-order valence-electron chi connectivity index (χ3n) is 1.41. The first-order valence-electron chi connectivity index (χ1n) is 3.51. The molecule has 74 valence electrons. The van der Waals surface area contributed by atoms with Crippen LogP contribution in [-0.2, 0) is 17.4 Å². The van der Waals surface area contributed by atoms with E-state index in [0.29, 0.717) is 0 Å². The van der Waals surface area contributed by atoms with E-state index in [9.17, 15) is 13.2 Å². The van der Waals surface area contributed by atoms with E-state index in [2.05, 4.69) is 9.25 Å². The van der Waals surface area contributed by atoms with Crippen molar-refractivity contribution in [3.8, 4) is 0 Å². The van der Waals surface area contributed by atoms with Gasteiger partial charge in [-0.3, -0.25) is 0 Å². The third-order valence-corrected chi connectivity index (χ3v) is 1.41. The summed E-state index contributed by atoms with van der Waals surface area (Å²) in [6.45, 7) is 0.130. The minimum absolute atomic E-state index is 0.130. The van der Waals surface area contributed by atoms with E-state index in [4.69, 9.17) is 5.90 Å². The lowest BCUT2D eigenvalue weighted by molar-refractivity contribution is -0.153. The first-order chi connectivity index (χ1) is 6.04. The molecule has 0 fully saturated rings. The van der Waals surface area contributed by atoms with Crippen molar-refractivity contribution in [3.05, 3.63) is 23.7 Å². The maximum absolute atomic E-state index is 12.0. The average molecular weight is 195 g/mol. The van der Waals surface area contributed by atoms with Crippen molar-refractivity contribution >= 4 is 0 Å². The number of hydrogen-bond acceptors (Lipinski definition) is 3. The van der Waals surface area contributed by atoms with Crippen LogP contribution in [0.15, 0.2) is 16.5 Å². The van der Waals surface area contributed by atoms with Crippen LogP contribution in [0.4, 0.5) is 13.2 Å². The zero-order chi connectivity index (χ0) is 9.90. The van der Waals surface area contributed by atoms with Crippen LogP contribution in [0.25, 0.3) is 0 Å². The summed E-state index contributed by atoms with van der Waals surface area (Å²) in [7, 11) is 0. The Kier molecular flexibility index (Phi) is 2.94. The molecule has 0 aliphatic carbocycles. The van der Waals surface area contributed by atoms with Gasteiger partial charge < -0.3 is 9.25 Å². The number of hydrogen-bond donors (Lipinski definition) is 1. The van der Waals surface area contributed by atoms with E-state index >= 15 is 0 Å². The van der Waals surface area contributed by atoms with Gasteiger partial charge in [0.1, 0.15) is 5.76 Å². The van der Waals surface area contributed by atoms with Gasteiger partial charge >= 0.3 is 6.18 Å². The summed E-state index contributed by atoms with van der Waals surface area (Å²) in [4.78, 5) is 4.20. The molecule has 0 saturated carbocycles. The molecule has 0 aliphatic heterocycles. The fourth-order valence-electron chi connectivity index (χ4n) is 0.824. The fourth-order valence-corrected chi connectivity index (χ4v) is 0.824. The lowest BCUT2D eigenvalue weighted by atomic mass is 10.3. The van der Waals surface area contributed by atoms with Gasteiger partial charge in [0.05, 0.1) is 6.61 Å². The molecule has 6 heteroatoms. The largest absolute Gasteiger partial charge is 0.456 e. The molecular formula is C7H8F3NO2. The summed E-state index contributed by atoms with van der Waals surface area (Å²) in [6.07, 6.45) is -4.20. The smallest absolute Gasteiger partial charge is 0.449 e. The highest BCUT2D eigenvalue weighted by molar-refractivity contribution is 5.09. The van der Waals surface area contributed by atoms with Gasteiger partial charge in [-0.05, 0) is 12.1 Å². The Labute approximate surface area is 72.2 Å². The Bertz CT molecular complexity index is 269. The molecule has 0 bridgehead atoms. The molecule has 1 rings (SSSR count). The molecule has 0 saturated heterocycles. The van der Waals surface area contributed by atoms with E-state index in [0.717, 1.165) is 6.07 Å². The van der Waals surface area contributed by atoms with Gasteiger partial charge in [0.2, 0.25) is 5.76 Å². The van der Waals surface area contributed by atoms with Crippen molar-refractivity contribution in [1.29, 1.82) is 0 Å². The molecule has 0 radical (unpaired) electrons. The predicted octanol–water partition coefficient (Wildman–Crippen LogP) is 1.73. The molecule has 0 unspecified atom stereocenters. The highest BCUT2D eigenvalue weighted by Crippen LogP contribution is 2.30. The summed E-state index contributed by atoms with van der Waals surface area (Å²) in [5.41, 5.74) is 0. The molecule has 1 aromatic rings. The molecule has 0 amide bonds. The Balaban J connectivity index is 2.64. The topological polar surface area (TPSA) is 48.4 Å². The van der Waals surface area contributed by atoms with Crippen molar-refractivity contribution in [2.75, 3.05) is 6.61 Å². The van der Waals surface area contributed by atoms with Crippen LogP contribution in [-0.4, -0.2) is 6.61 Å². The highest BCUT2D eigenvalue weighted by Gasteiger charge is 2.34. The van der Waals surface area contributed by atoms with Crippen molar-refractivity contribution in [1.82, 2.24) is 0 Å². The van der Waals surface area contributed by atoms with Gasteiger partial charge in [-0.1, -0.05) is 0 Å². The normalized spacial score (nSPS) is 12.0. The van der Waals surface area contributed by atoms with Crippen LogP contribution in [0.1, 0.15) is 11.5 Å². The van der Waals surface area contributed by atoms with E-state index in [1.165, 1.54) is 6.07 Å². The molecule has 0 spiro atoms. The number of furan rings is 1. The van der Waals surface area contributed by atoms with Gasteiger partial charge in [0, 0.05) is 6.42 Å². The van der Waals surface area contributed by atoms with Crippen LogP contribution in [0, 0.1) is 0 Å². The molecule has 0 atom stereocenters. The summed E-state index contributed by atoms with van der Waals surface area (Å²) >= 11 is 0. The van der Waals surface area contributed by atoms with Gasteiger partial charge in [-0.25, -0.2) is 5.90 Å². The van der Waals surface area contributed by atoms with Gasteiger partial charge in [0.25, 0.3) is 0 Å². The van der Waals surface area contributed by atoms with E-state index < -0.39 is 11.9 Å². The number of alkyl halides is 3. The van der Waals surface area contributed by atoms with Crippen molar-refractivity contribution in [3.63, 3.8) is 0 Å². The first-order valence-corrected chi connectivity index (χ1v) is 3.51.